The minimum absolute atomic E-state index is 0.00900. The summed E-state index contributed by atoms with van der Waals surface area (Å²) in [5, 5.41) is 39.2. The average Bonchev–Trinajstić information content (AvgIpc) is 1.60. The molecule has 0 atom stereocenters. The van der Waals surface area contributed by atoms with Gasteiger partial charge >= 0.3 is 0 Å². The maximum atomic E-state index is 12.4. The number of fused-ring (bicyclic) bond motifs is 8. The Morgan fingerprint density at radius 1 is 0.307 bits per heavy atom. The minimum atomic E-state index is -0.0437. The van der Waals surface area contributed by atoms with Crippen molar-refractivity contribution in [1.82, 2.24) is 96.6 Å². The lowest BCUT2D eigenvalue weighted by molar-refractivity contribution is 0.579. The van der Waals surface area contributed by atoms with Crippen LogP contribution in [0.3, 0.4) is 0 Å². The number of unbranched alkanes of at least 4 members (excludes halogenated alkanes) is 1. The Morgan fingerprint density at radius 2 is 0.605 bits per heavy atom. The van der Waals surface area contributed by atoms with E-state index in [-0.39, 0.29) is 28.3 Å². The fraction of sp³-hybridized carbons (Fsp3) is 0.111. The summed E-state index contributed by atoms with van der Waals surface area (Å²) in [6, 6.07) is 70.1. The quantitative estimate of drug-likeness (QED) is 0.104. The van der Waals surface area contributed by atoms with Crippen molar-refractivity contribution in [2.24, 2.45) is 7.05 Å². The topological polar surface area (TPSA) is 260 Å². The fourth-order valence-electron chi connectivity index (χ4n) is 14.2. The Balaban J connectivity index is 0.000000110. The first-order valence-electron chi connectivity index (χ1n) is 37.4. The van der Waals surface area contributed by atoms with Gasteiger partial charge in [-0.05, 0) is 193 Å². The summed E-state index contributed by atoms with van der Waals surface area (Å²) in [6.45, 7) is 9.47. The number of nitrogens with zero attached hydrogens (tertiary/aromatic N) is 20. The van der Waals surface area contributed by atoms with Gasteiger partial charge < -0.3 is 18.3 Å². The van der Waals surface area contributed by atoms with Crippen molar-refractivity contribution in [2.45, 2.75) is 59.7 Å². The molecule has 0 radical (unpaired) electrons. The van der Waals surface area contributed by atoms with Gasteiger partial charge in [0.15, 0.2) is 45.9 Å². The van der Waals surface area contributed by atoms with Crippen molar-refractivity contribution in [3.8, 4) is 90.1 Å². The van der Waals surface area contributed by atoms with Crippen LogP contribution in [0.4, 0.5) is 0 Å². The number of benzene rings is 4. The SMILES string of the molecule is CC(C)n1ccc(-c2ccn3c(-c4ccnc5ccccc45)nnc3c2)cc1=O.CCCCn1ccc(-c2ccn3c(-c4ccnc5ccccc45)nnc3c2)cc1=O.CCn1ccc(-c2ccn3c(-c4ccnc5ccccc45)nnc3c2)cc1=O.Cn1ccc(-c2ccn3c(-c4ccnc5ccccc45)nnc3c2)cc1=O. The van der Waals surface area contributed by atoms with E-state index >= 15 is 0 Å². The van der Waals surface area contributed by atoms with E-state index in [1.54, 1.807) is 80.6 Å². The van der Waals surface area contributed by atoms with Gasteiger partial charge in [0.2, 0.25) is 0 Å². The summed E-state index contributed by atoms with van der Waals surface area (Å²) in [4.78, 5) is 66.5. The summed E-state index contributed by atoms with van der Waals surface area (Å²) in [5.74, 6) is 3.06. The molecule has 0 aliphatic rings. The minimum Gasteiger partial charge on any atom is -0.319 e. The smallest absolute Gasteiger partial charge is 0.251 e. The number of aryl methyl sites for hydroxylation is 3. The number of hydrogen-bond acceptors (Lipinski definition) is 16. The zero-order valence-corrected chi connectivity index (χ0v) is 62.7. The van der Waals surface area contributed by atoms with Crippen LogP contribution in [0.5, 0.6) is 0 Å². The van der Waals surface area contributed by atoms with Crippen molar-refractivity contribution in [2.75, 3.05) is 0 Å². The van der Waals surface area contributed by atoms with Gasteiger partial charge in [-0.15, -0.1) is 40.8 Å². The van der Waals surface area contributed by atoms with Crippen molar-refractivity contribution in [3.63, 3.8) is 0 Å². The lowest BCUT2D eigenvalue weighted by Gasteiger charge is -2.10. The number of hydrogen-bond donors (Lipinski definition) is 0. The molecule has 0 fully saturated rings. The van der Waals surface area contributed by atoms with Crippen LogP contribution in [0.2, 0.25) is 0 Å². The van der Waals surface area contributed by atoms with Crippen LogP contribution in [0, 0.1) is 0 Å². The van der Waals surface area contributed by atoms with E-state index in [1.807, 2.05) is 276 Å². The van der Waals surface area contributed by atoms with Crippen molar-refractivity contribution in [3.05, 3.63) is 334 Å². The molecule has 24 heteroatoms. The third kappa shape index (κ3) is 14.1. The third-order valence-electron chi connectivity index (χ3n) is 20.2. The van der Waals surface area contributed by atoms with Gasteiger partial charge in [0.1, 0.15) is 0 Å². The Morgan fingerprint density at radius 3 is 0.921 bits per heavy atom. The monoisotopic (exact) mass is 1500 g/mol. The second-order valence-electron chi connectivity index (χ2n) is 27.6. The van der Waals surface area contributed by atoms with Crippen LogP contribution in [0.1, 0.15) is 46.6 Å². The standard InChI is InChI=1S/C24H21N5O.C23H19N5O.C22H17N5O.C21H15N5O/c1-2-3-12-28-13-9-18(16-23(28)30)17-10-14-29-22(15-17)26-27-24(29)20-8-11-25-21-7-5-4-6-19(20)21;1-15(2)27-11-8-17(14-22(27)29)16-9-12-28-21(13-16)25-26-23(28)19-7-10-24-20-6-4-3-5-18(19)20;1-2-26-11-8-16(14-21(26)28)15-9-12-27-20(13-15)24-25-22(27)18-7-10-23-19-6-4-3-5-17(18)19;1-25-10-7-15(13-20(25)27)14-8-11-26-19(12-14)23-24-21(26)17-6-9-22-18-5-3-2-4-16(17)18/h4-11,13-16H,2-3,12H2,1H3;3-15H,1-2H3;3-14H,2H2,1H3;2-13H,1H3. The van der Waals surface area contributed by atoms with Gasteiger partial charge in [-0.2, -0.15) is 0 Å². The lowest BCUT2D eigenvalue weighted by Crippen LogP contribution is -2.20. The number of aromatic nitrogens is 20. The molecule has 0 amide bonds. The van der Waals surface area contributed by atoms with Gasteiger partial charge in [-0.25, -0.2) is 0 Å². The van der Waals surface area contributed by atoms with E-state index in [9.17, 15) is 19.2 Å². The van der Waals surface area contributed by atoms with E-state index in [2.05, 4.69) is 67.6 Å². The molecule has 0 saturated carbocycles. The highest BCUT2D eigenvalue weighted by atomic mass is 16.1. The lowest BCUT2D eigenvalue weighted by atomic mass is 10.1. The number of para-hydroxylation sites is 4. The van der Waals surface area contributed by atoms with Crippen LogP contribution in [0.15, 0.2) is 312 Å². The first-order valence-corrected chi connectivity index (χ1v) is 37.4. The molecule has 0 saturated heterocycles. The molecule has 0 N–H and O–H groups in total. The zero-order chi connectivity index (χ0) is 77.9. The Kier molecular flexibility index (Phi) is 19.5. The molecule has 0 spiro atoms. The molecule has 16 heterocycles. The molecule has 556 valence electrons. The molecule has 24 nitrogen and oxygen atoms in total. The number of rotatable bonds is 13. The normalized spacial score (nSPS) is 11.4. The van der Waals surface area contributed by atoms with Gasteiger partial charge in [0.05, 0.1) is 22.1 Å². The molecule has 20 rings (SSSR count). The maximum Gasteiger partial charge on any atom is 0.251 e. The molecule has 4 aromatic carbocycles. The van der Waals surface area contributed by atoms with Crippen molar-refractivity contribution < 1.29 is 0 Å². The summed E-state index contributed by atoms with van der Waals surface area (Å²) in [7, 11) is 1.74. The molecule has 0 aliphatic carbocycles. The van der Waals surface area contributed by atoms with E-state index in [0.717, 1.165) is 176 Å². The van der Waals surface area contributed by atoms with Crippen LogP contribution >= 0.6 is 0 Å². The van der Waals surface area contributed by atoms with E-state index in [0.29, 0.717) is 6.54 Å². The molecule has 0 bridgehead atoms. The van der Waals surface area contributed by atoms with Crippen molar-refractivity contribution >= 4 is 66.2 Å². The van der Waals surface area contributed by atoms with E-state index < -0.39 is 0 Å². The molecular formula is C90H72N20O4. The Hall–Kier alpha value is -15.2. The molecule has 20 aromatic rings. The summed E-state index contributed by atoms with van der Waals surface area (Å²) >= 11 is 0. The summed E-state index contributed by atoms with van der Waals surface area (Å²) < 4.78 is 14.5. The van der Waals surface area contributed by atoms with E-state index in [1.165, 1.54) is 0 Å². The molecule has 0 unspecified atom stereocenters. The first kappa shape index (κ1) is 71.7. The predicted octanol–water partition coefficient (Wildman–Crippen LogP) is 16.0. The average molecular weight is 1500 g/mol. The van der Waals surface area contributed by atoms with Gasteiger partial charge in [-0.1, -0.05) is 86.1 Å². The second kappa shape index (κ2) is 31.0. The molecular weight excluding hydrogens is 1430 g/mol. The second-order valence-corrected chi connectivity index (χ2v) is 27.6. The first-order chi connectivity index (χ1) is 55.8. The molecule has 114 heavy (non-hydrogen) atoms. The highest BCUT2D eigenvalue weighted by Gasteiger charge is 2.19. The van der Waals surface area contributed by atoms with Gasteiger partial charge in [-0.3, -0.25) is 56.7 Å². The summed E-state index contributed by atoms with van der Waals surface area (Å²) in [6.07, 6.45) is 24.3. The van der Waals surface area contributed by atoms with Crippen LogP contribution < -0.4 is 22.2 Å². The third-order valence-corrected chi connectivity index (χ3v) is 20.2. The Bertz CT molecular complexity index is 7290. The fourth-order valence-corrected chi connectivity index (χ4v) is 14.2. The Labute approximate surface area is 650 Å². The predicted molar refractivity (Wildman–Crippen MR) is 446 cm³/mol. The molecule has 16 aromatic heterocycles. The highest BCUT2D eigenvalue weighted by Crippen LogP contribution is 2.34. The maximum absolute atomic E-state index is 12.4. The van der Waals surface area contributed by atoms with Crippen molar-refractivity contribution in [1.29, 1.82) is 0 Å². The highest BCUT2D eigenvalue weighted by molar-refractivity contribution is 5.96. The van der Waals surface area contributed by atoms with Gasteiger partial charge in [0.25, 0.3) is 22.2 Å². The van der Waals surface area contributed by atoms with Crippen LogP contribution in [-0.4, -0.2) is 96.6 Å². The summed E-state index contributed by atoms with van der Waals surface area (Å²) in [5.41, 5.74) is 17.7. The number of pyridine rings is 12. The zero-order valence-electron chi connectivity index (χ0n) is 62.7. The van der Waals surface area contributed by atoms with E-state index in [4.69, 9.17) is 0 Å². The molecule has 0 aliphatic heterocycles. The largest absolute Gasteiger partial charge is 0.319 e. The van der Waals surface area contributed by atoms with Crippen LogP contribution in [-0.2, 0) is 20.1 Å². The van der Waals surface area contributed by atoms with Gasteiger partial charge in [0, 0.05) is 169 Å². The van der Waals surface area contributed by atoms with Crippen LogP contribution in [0.25, 0.3) is 156 Å².